The average molecular weight is 270 g/mol. The maximum atomic E-state index is 13.7. The number of halogens is 2. The van der Waals surface area contributed by atoms with Crippen LogP contribution in [0.4, 0.5) is 8.78 Å². The molecule has 1 heterocycles. The third-order valence-corrected chi connectivity index (χ3v) is 3.17. The Kier molecular flexibility index (Phi) is 3.06. The van der Waals surface area contributed by atoms with Crippen molar-refractivity contribution in [2.24, 2.45) is 0 Å². The summed E-state index contributed by atoms with van der Waals surface area (Å²) in [6.07, 6.45) is 3.33. The van der Waals surface area contributed by atoms with E-state index in [2.05, 4.69) is 5.10 Å². The van der Waals surface area contributed by atoms with Crippen molar-refractivity contribution in [2.45, 2.75) is 6.92 Å². The van der Waals surface area contributed by atoms with Gasteiger partial charge in [-0.3, -0.25) is 0 Å². The van der Waals surface area contributed by atoms with Crippen LogP contribution < -0.4 is 0 Å². The van der Waals surface area contributed by atoms with Gasteiger partial charge in [-0.15, -0.1) is 0 Å². The van der Waals surface area contributed by atoms with E-state index in [1.807, 2.05) is 6.92 Å². The lowest BCUT2D eigenvalue weighted by atomic mass is 10.1. The zero-order valence-electron chi connectivity index (χ0n) is 10.8. The third-order valence-electron chi connectivity index (χ3n) is 3.17. The number of nitrogens with zero attached hydrogens (tertiary/aromatic N) is 2. The van der Waals surface area contributed by atoms with E-state index in [1.54, 1.807) is 41.3 Å². The van der Waals surface area contributed by atoms with Gasteiger partial charge in [-0.05, 0) is 36.8 Å². The molecule has 0 aliphatic rings. The van der Waals surface area contributed by atoms with Gasteiger partial charge in [0.1, 0.15) is 11.6 Å². The van der Waals surface area contributed by atoms with Gasteiger partial charge < -0.3 is 0 Å². The maximum Gasteiger partial charge on any atom is 0.131 e. The van der Waals surface area contributed by atoms with Crippen molar-refractivity contribution >= 4 is 0 Å². The van der Waals surface area contributed by atoms with Gasteiger partial charge in [0.2, 0.25) is 0 Å². The predicted octanol–water partition coefficient (Wildman–Crippen LogP) is 4.13. The highest BCUT2D eigenvalue weighted by molar-refractivity contribution is 5.63. The van der Waals surface area contributed by atoms with Crippen LogP contribution in [0.1, 0.15) is 5.56 Å². The Hall–Kier alpha value is -2.49. The normalized spacial score (nSPS) is 10.8. The fourth-order valence-electron chi connectivity index (χ4n) is 2.16. The van der Waals surface area contributed by atoms with E-state index < -0.39 is 0 Å². The van der Waals surface area contributed by atoms with Crippen molar-refractivity contribution in [3.05, 3.63) is 72.1 Å². The molecule has 0 N–H and O–H groups in total. The van der Waals surface area contributed by atoms with E-state index in [1.165, 1.54) is 18.2 Å². The van der Waals surface area contributed by atoms with Crippen LogP contribution in [-0.2, 0) is 0 Å². The van der Waals surface area contributed by atoms with Gasteiger partial charge in [-0.2, -0.15) is 5.10 Å². The molecule has 1 aromatic heterocycles. The quantitative estimate of drug-likeness (QED) is 0.684. The van der Waals surface area contributed by atoms with Crippen LogP contribution in [0.25, 0.3) is 16.8 Å². The number of hydrogen-bond donors (Lipinski definition) is 0. The first-order chi connectivity index (χ1) is 9.65. The van der Waals surface area contributed by atoms with Crippen LogP contribution in [0.2, 0.25) is 0 Å². The van der Waals surface area contributed by atoms with Crippen LogP contribution in [0.3, 0.4) is 0 Å². The van der Waals surface area contributed by atoms with E-state index in [-0.39, 0.29) is 11.6 Å². The first kappa shape index (κ1) is 12.5. The molecule has 0 aliphatic carbocycles. The van der Waals surface area contributed by atoms with Crippen LogP contribution >= 0.6 is 0 Å². The molecule has 3 aromatic rings. The summed E-state index contributed by atoms with van der Waals surface area (Å²) in [5, 5.41) is 4.22. The second-order valence-electron chi connectivity index (χ2n) is 4.58. The Morgan fingerprint density at radius 1 is 1.05 bits per heavy atom. The molecule has 0 amide bonds. The lowest BCUT2D eigenvalue weighted by Crippen LogP contribution is -1.97. The molecule has 0 saturated heterocycles. The molecule has 0 unspecified atom stereocenters. The minimum atomic E-state index is -0.289. The second-order valence-corrected chi connectivity index (χ2v) is 4.58. The van der Waals surface area contributed by atoms with Gasteiger partial charge in [0, 0.05) is 17.3 Å². The first-order valence-corrected chi connectivity index (χ1v) is 6.21. The molecular formula is C16H12F2N2. The van der Waals surface area contributed by atoms with E-state index in [9.17, 15) is 8.78 Å². The Labute approximate surface area is 115 Å². The molecule has 0 fully saturated rings. The zero-order valence-corrected chi connectivity index (χ0v) is 10.8. The minimum Gasteiger partial charge on any atom is -0.240 e. The maximum absolute atomic E-state index is 13.7. The average Bonchev–Trinajstić information content (AvgIpc) is 2.88. The van der Waals surface area contributed by atoms with Crippen LogP contribution in [-0.4, -0.2) is 9.78 Å². The lowest BCUT2D eigenvalue weighted by molar-refractivity contribution is 0.625. The van der Waals surface area contributed by atoms with Gasteiger partial charge in [-0.1, -0.05) is 18.2 Å². The SMILES string of the molecule is Cc1cc(F)ccc1-n1cc(-c2ccccc2F)cn1. The summed E-state index contributed by atoms with van der Waals surface area (Å²) in [6, 6.07) is 11.0. The molecule has 20 heavy (non-hydrogen) atoms. The highest BCUT2D eigenvalue weighted by atomic mass is 19.1. The fraction of sp³-hybridized carbons (Fsp3) is 0.0625. The first-order valence-electron chi connectivity index (χ1n) is 6.21. The van der Waals surface area contributed by atoms with Gasteiger partial charge in [0.15, 0.2) is 0 Å². The predicted molar refractivity (Wildman–Crippen MR) is 73.7 cm³/mol. The Bertz CT molecular complexity index is 763. The van der Waals surface area contributed by atoms with Crippen molar-refractivity contribution in [3.8, 4) is 16.8 Å². The molecule has 3 rings (SSSR count). The summed E-state index contributed by atoms with van der Waals surface area (Å²) in [5.41, 5.74) is 2.73. The zero-order chi connectivity index (χ0) is 14.1. The molecule has 4 heteroatoms. The minimum absolute atomic E-state index is 0.285. The number of rotatable bonds is 2. The van der Waals surface area contributed by atoms with Crippen molar-refractivity contribution in [1.29, 1.82) is 0 Å². The van der Waals surface area contributed by atoms with E-state index in [0.29, 0.717) is 11.1 Å². The molecule has 0 saturated carbocycles. The Morgan fingerprint density at radius 3 is 2.60 bits per heavy atom. The molecule has 2 aromatic carbocycles. The van der Waals surface area contributed by atoms with E-state index >= 15 is 0 Å². The molecular weight excluding hydrogens is 258 g/mol. The van der Waals surface area contributed by atoms with Gasteiger partial charge in [0.05, 0.1) is 11.9 Å². The molecule has 0 spiro atoms. The van der Waals surface area contributed by atoms with Crippen molar-refractivity contribution in [2.75, 3.05) is 0 Å². The molecule has 0 bridgehead atoms. The monoisotopic (exact) mass is 270 g/mol. The number of benzene rings is 2. The van der Waals surface area contributed by atoms with Crippen LogP contribution in [0.5, 0.6) is 0 Å². The molecule has 0 radical (unpaired) electrons. The van der Waals surface area contributed by atoms with Crippen LogP contribution in [0.15, 0.2) is 54.9 Å². The van der Waals surface area contributed by atoms with Gasteiger partial charge >= 0.3 is 0 Å². The lowest BCUT2D eigenvalue weighted by Gasteiger charge is -2.05. The van der Waals surface area contributed by atoms with Crippen LogP contribution in [0, 0.1) is 18.6 Å². The van der Waals surface area contributed by atoms with Crippen molar-refractivity contribution in [1.82, 2.24) is 9.78 Å². The highest BCUT2D eigenvalue weighted by Crippen LogP contribution is 2.23. The molecule has 2 nitrogen and oxygen atoms in total. The summed E-state index contributed by atoms with van der Waals surface area (Å²) < 4.78 is 28.5. The Balaban J connectivity index is 2.04. The smallest absolute Gasteiger partial charge is 0.131 e. The van der Waals surface area contributed by atoms with Crippen molar-refractivity contribution < 1.29 is 8.78 Å². The molecule has 0 atom stereocenters. The fourth-order valence-corrected chi connectivity index (χ4v) is 2.16. The number of aryl methyl sites for hydroxylation is 1. The van der Waals surface area contributed by atoms with Gasteiger partial charge in [-0.25, -0.2) is 13.5 Å². The Morgan fingerprint density at radius 2 is 1.85 bits per heavy atom. The molecule has 0 aliphatic heterocycles. The van der Waals surface area contributed by atoms with E-state index in [0.717, 1.165) is 11.3 Å². The molecule has 100 valence electrons. The number of aromatic nitrogens is 2. The second kappa shape index (κ2) is 4.89. The summed E-state index contributed by atoms with van der Waals surface area (Å²) in [5.74, 6) is -0.574. The number of hydrogen-bond acceptors (Lipinski definition) is 1. The van der Waals surface area contributed by atoms with Gasteiger partial charge in [0.25, 0.3) is 0 Å². The van der Waals surface area contributed by atoms with Crippen molar-refractivity contribution in [3.63, 3.8) is 0 Å². The topological polar surface area (TPSA) is 17.8 Å². The van der Waals surface area contributed by atoms with E-state index in [4.69, 9.17) is 0 Å². The standard InChI is InChI=1S/C16H12F2N2/c1-11-8-13(17)6-7-16(11)20-10-12(9-19-20)14-4-2-3-5-15(14)18/h2-10H,1H3. The summed E-state index contributed by atoms with van der Waals surface area (Å²) in [4.78, 5) is 0. The third kappa shape index (κ3) is 2.20. The largest absolute Gasteiger partial charge is 0.240 e. The summed E-state index contributed by atoms with van der Waals surface area (Å²) in [6.45, 7) is 1.81. The summed E-state index contributed by atoms with van der Waals surface area (Å²) >= 11 is 0. The highest BCUT2D eigenvalue weighted by Gasteiger charge is 2.09. The summed E-state index contributed by atoms with van der Waals surface area (Å²) in [7, 11) is 0.